The predicted octanol–water partition coefficient (Wildman–Crippen LogP) is 2.84. The number of likely N-dealkylation sites (tertiary alicyclic amines) is 1. The zero-order chi connectivity index (χ0) is 13.3. The Morgan fingerprint density at radius 3 is 2.44 bits per heavy atom. The van der Waals surface area contributed by atoms with Gasteiger partial charge in [0.15, 0.2) is 0 Å². The Bertz CT molecular complexity index is 456. The van der Waals surface area contributed by atoms with Gasteiger partial charge in [-0.15, -0.1) is 0 Å². The first kappa shape index (κ1) is 12.9. The summed E-state index contributed by atoms with van der Waals surface area (Å²) in [5.74, 6) is 0.109. The number of hydrogen-bond donors (Lipinski definition) is 1. The third kappa shape index (κ3) is 2.66. The Hall–Kier alpha value is -1.51. The van der Waals surface area contributed by atoms with Crippen molar-refractivity contribution in [1.29, 1.82) is 0 Å². The lowest BCUT2D eigenvalue weighted by Crippen LogP contribution is -2.41. The monoisotopic (exact) mass is 246 g/mol. The average Bonchev–Trinajstić information content (AvgIpc) is 2.32. The SMILES string of the molecule is Cc1ccc(C(=O)N2CCC(C)(C)CC2)cc1N. The van der Waals surface area contributed by atoms with Gasteiger partial charge in [-0.25, -0.2) is 0 Å². The van der Waals surface area contributed by atoms with Crippen LogP contribution in [-0.4, -0.2) is 23.9 Å². The lowest BCUT2D eigenvalue weighted by Gasteiger charge is -2.37. The molecule has 2 N–H and O–H groups in total. The number of benzene rings is 1. The zero-order valence-corrected chi connectivity index (χ0v) is 11.5. The summed E-state index contributed by atoms with van der Waals surface area (Å²) < 4.78 is 0. The molecule has 0 aliphatic carbocycles. The maximum Gasteiger partial charge on any atom is 0.253 e. The van der Waals surface area contributed by atoms with Gasteiger partial charge in [0.2, 0.25) is 0 Å². The van der Waals surface area contributed by atoms with E-state index in [1.54, 1.807) is 6.07 Å². The fraction of sp³-hybridized carbons (Fsp3) is 0.533. The number of piperidine rings is 1. The lowest BCUT2D eigenvalue weighted by molar-refractivity contribution is 0.0630. The highest BCUT2D eigenvalue weighted by Crippen LogP contribution is 2.30. The van der Waals surface area contributed by atoms with Crippen molar-refractivity contribution >= 4 is 11.6 Å². The molecule has 1 aliphatic heterocycles. The first-order valence-electron chi connectivity index (χ1n) is 6.54. The number of carbonyl (C=O) groups is 1. The number of amides is 1. The molecule has 2 rings (SSSR count). The Morgan fingerprint density at radius 2 is 1.89 bits per heavy atom. The molecular formula is C15H22N2O. The molecule has 0 bridgehead atoms. The van der Waals surface area contributed by atoms with Crippen molar-refractivity contribution in [1.82, 2.24) is 4.90 Å². The third-order valence-electron chi connectivity index (χ3n) is 3.93. The molecule has 3 nitrogen and oxygen atoms in total. The molecule has 1 amide bonds. The maximum atomic E-state index is 12.3. The summed E-state index contributed by atoms with van der Waals surface area (Å²) >= 11 is 0. The van der Waals surface area contributed by atoms with Gasteiger partial charge in [0, 0.05) is 24.3 Å². The number of nitrogen functional groups attached to an aromatic ring is 1. The molecule has 18 heavy (non-hydrogen) atoms. The molecule has 1 aromatic rings. The van der Waals surface area contributed by atoms with Crippen molar-refractivity contribution in [3.05, 3.63) is 29.3 Å². The Morgan fingerprint density at radius 1 is 1.28 bits per heavy atom. The van der Waals surface area contributed by atoms with Crippen molar-refractivity contribution in [3.63, 3.8) is 0 Å². The second kappa shape index (κ2) is 4.63. The minimum Gasteiger partial charge on any atom is -0.398 e. The van der Waals surface area contributed by atoms with E-state index in [1.807, 2.05) is 24.0 Å². The van der Waals surface area contributed by atoms with E-state index >= 15 is 0 Å². The molecule has 1 heterocycles. The summed E-state index contributed by atoms with van der Waals surface area (Å²) in [5.41, 5.74) is 8.64. The van der Waals surface area contributed by atoms with Crippen LogP contribution < -0.4 is 5.73 Å². The van der Waals surface area contributed by atoms with Crippen molar-refractivity contribution in [2.24, 2.45) is 5.41 Å². The van der Waals surface area contributed by atoms with E-state index in [4.69, 9.17) is 5.73 Å². The summed E-state index contributed by atoms with van der Waals surface area (Å²) in [6.07, 6.45) is 2.14. The van der Waals surface area contributed by atoms with Crippen LogP contribution in [-0.2, 0) is 0 Å². The summed E-state index contributed by atoms with van der Waals surface area (Å²) in [7, 11) is 0. The van der Waals surface area contributed by atoms with Crippen molar-refractivity contribution < 1.29 is 4.79 Å². The molecule has 0 saturated carbocycles. The Kier molecular flexibility index (Phi) is 3.33. The molecule has 1 aromatic carbocycles. The zero-order valence-electron chi connectivity index (χ0n) is 11.5. The predicted molar refractivity (Wildman–Crippen MR) is 74.5 cm³/mol. The van der Waals surface area contributed by atoms with Crippen LogP contribution in [0.2, 0.25) is 0 Å². The highest BCUT2D eigenvalue weighted by molar-refractivity contribution is 5.95. The molecule has 0 atom stereocenters. The molecule has 1 aliphatic rings. The van der Waals surface area contributed by atoms with Gasteiger partial charge in [-0.2, -0.15) is 0 Å². The third-order valence-corrected chi connectivity index (χ3v) is 3.93. The van der Waals surface area contributed by atoms with Crippen LogP contribution in [0.15, 0.2) is 18.2 Å². The van der Waals surface area contributed by atoms with Crippen LogP contribution in [0, 0.1) is 12.3 Å². The molecule has 3 heteroatoms. The minimum atomic E-state index is 0.109. The van der Waals surface area contributed by atoms with Gasteiger partial charge >= 0.3 is 0 Å². The van der Waals surface area contributed by atoms with Crippen LogP contribution >= 0.6 is 0 Å². The molecule has 0 radical (unpaired) electrons. The molecular weight excluding hydrogens is 224 g/mol. The summed E-state index contributed by atoms with van der Waals surface area (Å²) in [6, 6.07) is 5.57. The number of nitrogens with two attached hydrogens (primary N) is 1. The van der Waals surface area contributed by atoms with Crippen molar-refractivity contribution in [3.8, 4) is 0 Å². The lowest BCUT2D eigenvalue weighted by atomic mass is 9.82. The van der Waals surface area contributed by atoms with E-state index in [9.17, 15) is 4.79 Å². The van der Waals surface area contributed by atoms with Gasteiger partial charge in [0.05, 0.1) is 0 Å². The first-order chi connectivity index (χ1) is 8.39. The maximum absolute atomic E-state index is 12.3. The fourth-order valence-corrected chi connectivity index (χ4v) is 2.27. The van der Waals surface area contributed by atoms with Gasteiger partial charge < -0.3 is 10.6 Å². The highest BCUT2D eigenvalue weighted by Gasteiger charge is 2.28. The van der Waals surface area contributed by atoms with E-state index in [0.29, 0.717) is 16.7 Å². The second-order valence-electron chi connectivity index (χ2n) is 6.03. The number of aryl methyl sites for hydroxylation is 1. The second-order valence-corrected chi connectivity index (χ2v) is 6.03. The van der Waals surface area contributed by atoms with Crippen LogP contribution in [0.3, 0.4) is 0 Å². The van der Waals surface area contributed by atoms with Crippen LogP contribution in [0.5, 0.6) is 0 Å². The van der Waals surface area contributed by atoms with Crippen molar-refractivity contribution in [2.45, 2.75) is 33.6 Å². The van der Waals surface area contributed by atoms with E-state index in [1.165, 1.54) is 0 Å². The topological polar surface area (TPSA) is 46.3 Å². The van der Waals surface area contributed by atoms with E-state index in [0.717, 1.165) is 31.5 Å². The first-order valence-corrected chi connectivity index (χ1v) is 6.54. The molecule has 0 unspecified atom stereocenters. The van der Waals surface area contributed by atoms with Gasteiger partial charge in [-0.1, -0.05) is 19.9 Å². The number of carbonyl (C=O) groups excluding carboxylic acids is 1. The summed E-state index contributed by atoms with van der Waals surface area (Å²) in [4.78, 5) is 14.3. The molecule has 1 fully saturated rings. The molecule has 98 valence electrons. The number of rotatable bonds is 1. The summed E-state index contributed by atoms with van der Waals surface area (Å²) in [6.45, 7) is 8.17. The smallest absolute Gasteiger partial charge is 0.253 e. The van der Waals surface area contributed by atoms with E-state index in [2.05, 4.69) is 13.8 Å². The average molecular weight is 246 g/mol. The Balaban J connectivity index is 2.10. The standard InChI is InChI=1S/C15H22N2O/c1-11-4-5-12(10-13(11)16)14(18)17-8-6-15(2,3)7-9-17/h4-5,10H,6-9,16H2,1-3H3. The number of hydrogen-bond acceptors (Lipinski definition) is 2. The van der Waals surface area contributed by atoms with Gasteiger partial charge in [0.1, 0.15) is 0 Å². The van der Waals surface area contributed by atoms with E-state index < -0.39 is 0 Å². The summed E-state index contributed by atoms with van der Waals surface area (Å²) in [5, 5.41) is 0. The van der Waals surface area contributed by atoms with E-state index in [-0.39, 0.29) is 5.91 Å². The largest absolute Gasteiger partial charge is 0.398 e. The molecule has 0 aromatic heterocycles. The van der Waals surface area contributed by atoms with Gasteiger partial charge in [-0.3, -0.25) is 4.79 Å². The van der Waals surface area contributed by atoms with Crippen LogP contribution in [0.25, 0.3) is 0 Å². The van der Waals surface area contributed by atoms with Crippen LogP contribution in [0.1, 0.15) is 42.6 Å². The minimum absolute atomic E-state index is 0.109. The fourth-order valence-electron chi connectivity index (χ4n) is 2.27. The normalized spacial score (nSPS) is 18.7. The Labute approximate surface area is 109 Å². The van der Waals surface area contributed by atoms with Gasteiger partial charge in [0.25, 0.3) is 5.91 Å². The molecule has 1 saturated heterocycles. The van der Waals surface area contributed by atoms with Gasteiger partial charge in [-0.05, 0) is 42.9 Å². The quantitative estimate of drug-likeness (QED) is 0.774. The van der Waals surface area contributed by atoms with Crippen LogP contribution in [0.4, 0.5) is 5.69 Å². The van der Waals surface area contributed by atoms with Crippen molar-refractivity contribution in [2.75, 3.05) is 18.8 Å². The highest BCUT2D eigenvalue weighted by atomic mass is 16.2. The number of anilines is 1. The number of nitrogens with zero attached hydrogens (tertiary/aromatic N) is 1. The molecule has 0 spiro atoms.